The standard InChI is InChI=1S/C15H26N4/c1-15(2,3)12-5-8-19(9-6-12)11-14-10-13(18-16)4-7-17-14/h4,7,10,12H,5-6,8-9,11,16H2,1-3H3,(H,17,18). The second-order valence-corrected chi connectivity index (χ2v) is 6.60. The number of hydrazine groups is 1. The maximum absolute atomic E-state index is 5.43. The second kappa shape index (κ2) is 5.88. The van der Waals surface area contributed by atoms with E-state index in [9.17, 15) is 0 Å². The fraction of sp³-hybridized carbons (Fsp3) is 0.667. The molecule has 1 aliphatic heterocycles. The summed E-state index contributed by atoms with van der Waals surface area (Å²) in [6, 6.07) is 3.91. The number of likely N-dealkylation sites (tertiary alicyclic amines) is 1. The smallest absolute Gasteiger partial charge is 0.0564 e. The van der Waals surface area contributed by atoms with Crippen LogP contribution in [0, 0.1) is 11.3 Å². The minimum absolute atomic E-state index is 0.438. The van der Waals surface area contributed by atoms with Gasteiger partial charge in [-0.05, 0) is 49.4 Å². The molecule has 0 bridgehead atoms. The number of hydrogen-bond donors (Lipinski definition) is 2. The lowest BCUT2D eigenvalue weighted by Gasteiger charge is -2.38. The Bertz CT molecular complexity index is 403. The van der Waals surface area contributed by atoms with Crippen molar-refractivity contribution in [2.45, 2.75) is 40.2 Å². The summed E-state index contributed by atoms with van der Waals surface area (Å²) in [7, 11) is 0. The van der Waals surface area contributed by atoms with E-state index in [0.717, 1.165) is 23.8 Å². The van der Waals surface area contributed by atoms with Crippen molar-refractivity contribution < 1.29 is 0 Å². The van der Waals surface area contributed by atoms with Crippen molar-refractivity contribution in [3.63, 3.8) is 0 Å². The summed E-state index contributed by atoms with van der Waals surface area (Å²) in [4.78, 5) is 6.90. The lowest BCUT2D eigenvalue weighted by Crippen LogP contribution is -2.37. The van der Waals surface area contributed by atoms with Crippen molar-refractivity contribution in [3.05, 3.63) is 24.0 Å². The number of nitrogens with two attached hydrogens (primary N) is 1. The van der Waals surface area contributed by atoms with Gasteiger partial charge in [-0.15, -0.1) is 0 Å². The number of aromatic nitrogens is 1. The van der Waals surface area contributed by atoms with E-state index in [0.29, 0.717) is 5.41 Å². The highest BCUT2D eigenvalue weighted by Gasteiger charge is 2.28. The molecule has 106 valence electrons. The Morgan fingerprint density at radius 2 is 2.05 bits per heavy atom. The van der Waals surface area contributed by atoms with Crippen LogP contribution >= 0.6 is 0 Å². The van der Waals surface area contributed by atoms with Crippen molar-refractivity contribution >= 4 is 5.69 Å². The van der Waals surface area contributed by atoms with Crippen LogP contribution in [0.4, 0.5) is 5.69 Å². The van der Waals surface area contributed by atoms with Crippen molar-refractivity contribution in [1.29, 1.82) is 0 Å². The quantitative estimate of drug-likeness (QED) is 0.649. The van der Waals surface area contributed by atoms with Gasteiger partial charge in [-0.3, -0.25) is 15.7 Å². The molecule has 2 rings (SSSR count). The first-order valence-electron chi connectivity index (χ1n) is 7.13. The van der Waals surface area contributed by atoms with E-state index in [-0.39, 0.29) is 0 Å². The third-order valence-electron chi connectivity index (χ3n) is 4.18. The summed E-state index contributed by atoms with van der Waals surface area (Å²) in [6.45, 7) is 10.3. The van der Waals surface area contributed by atoms with Gasteiger partial charge in [0, 0.05) is 12.7 Å². The first-order valence-corrected chi connectivity index (χ1v) is 7.13. The lowest BCUT2D eigenvalue weighted by molar-refractivity contribution is 0.107. The van der Waals surface area contributed by atoms with Gasteiger partial charge in [0.1, 0.15) is 0 Å². The summed E-state index contributed by atoms with van der Waals surface area (Å²) in [5.41, 5.74) is 5.12. The average molecular weight is 262 g/mol. The van der Waals surface area contributed by atoms with E-state index in [4.69, 9.17) is 5.84 Å². The van der Waals surface area contributed by atoms with E-state index in [1.807, 2.05) is 18.3 Å². The second-order valence-electron chi connectivity index (χ2n) is 6.60. The highest BCUT2D eigenvalue weighted by atomic mass is 15.2. The SMILES string of the molecule is CC(C)(C)C1CCN(Cc2cc(NN)ccn2)CC1. The zero-order valence-corrected chi connectivity index (χ0v) is 12.3. The minimum Gasteiger partial charge on any atom is -0.324 e. The zero-order chi connectivity index (χ0) is 13.9. The molecule has 4 heteroatoms. The maximum Gasteiger partial charge on any atom is 0.0564 e. The number of rotatable bonds is 3. The molecule has 0 atom stereocenters. The van der Waals surface area contributed by atoms with Gasteiger partial charge >= 0.3 is 0 Å². The van der Waals surface area contributed by atoms with Crippen LogP contribution in [0.25, 0.3) is 0 Å². The number of hydrogen-bond acceptors (Lipinski definition) is 4. The number of nitrogens with zero attached hydrogens (tertiary/aromatic N) is 2. The minimum atomic E-state index is 0.438. The molecule has 0 unspecified atom stereocenters. The number of pyridine rings is 1. The summed E-state index contributed by atoms with van der Waals surface area (Å²) in [6.07, 6.45) is 4.39. The molecule has 0 amide bonds. The molecule has 0 spiro atoms. The van der Waals surface area contributed by atoms with Gasteiger partial charge in [-0.25, -0.2) is 0 Å². The first-order chi connectivity index (χ1) is 8.99. The van der Waals surface area contributed by atoms with Crippen LogP contribution in [0.1, 0.15) is 39.3 Å². The molecular weight excluding hydrogens is 236 g/mol. The van der Waals surface area contributed by atoms with Gasteiger partial charge in [-0.1, -0.05) is 20.8 Å². The Kier molecular flexibility index (Phi) is 4.42. The van der Waals surface area contributed by atoms with Crippen molar-refractivity contribution in [3.8, 4) is 0 Å². The van der Waals surface area contributed by atoms with Crippen molar-refractivity contribution in [1.82, 2.24) is 9.88 Å². The average Bonchev–Trinajstić information content (AvgIpc) is 2.38. The van der Waals surface area contributed by atoms with Crippen molar-refractivity contribution in [2.75, 3.05) is 18.5 Å². The van der Waals surface area contributed by atoms with Gasteiger partial charge < -0.3 is 5.43 Å². The molecule has 0 aromatic carbocycles. The van der Waals surface area contributed by atoms with Gasteiger partial charge in [0.25, 0.3) is 0 Å². The molecule has 19 heavy (non-hydrogen) atoms. The van der Waals surface area contributed by atoms with Crippen LogP contribution in [0.3, 0.4) is 0 Å². The molecule has 1 aromatic rings. The van der Waals surface area contributed by atoms with Crippen LogP contribution in [0.15, 0.2) is 18.3 Å². The van der Waals surface area contributed by atoms with E-state index in [1.165, 1.54) is 25.9 Å². The molecular formula is C15H26N4. The predicted molar refractivity (Wildman–Crippen MR) is 79.5 cm³/mol. The third-order valence-corrected chi connectivity index (χ3v) is 4.18. The van der Waals surface area contributed by atoms with Crippen LogP contribution < -0.4 is 11.3 Å². The third kappa shape index (κ3) is 3.91. The molecule has 2 heterocycles. The number of nitrogens with one attached hydrogen (secondary N) is 1. The summed E-state index contributed by atoms with van der Waals surface area (Å²) >= 11 is 0. The highest BCUT2D eigenvalue weighted by molar-refractivity contribution is 5.41. The first kappa shape index (κ1) is 14.3. The molecule has 0 radical (unpaired) electrons. The Morgan fingerprint density at radius 3 is 2.63 bits per heavy atom. The number of anilines is 1. The Labute approximate surface area is 116 Å². The monoisotopic (exact) mass is 262 g/mol. The number of piperidine rings is 1. The topological polar surface area (TPSA) is 54.2 Å². The van der Waals surface area contributed by atoms with E-state index >= 15 is 0 Å². The molecule has 1 fully saturated rings. The molecule has 1 aliphatic rings. The molecule has 4 nitrogen and oxygen atoms in total. The maximum atomic E-state index is 5.43. The Balaban J connectivity index is 1.88. The van der Waals surface area contributed by atoms with Gasteiger partial charge in [0.05, 0.1) is 11.4 Å². The fourth-order valence-corrected chi connectivity index (χ4v) is 2.84. The normalized spacial score (nSPS) is 18.5. The van der Waals surface area contributed by atoms with Crippen LogP contribution in [0.2, 0.25) is 0 Å². The largest absolute Gasteiger partial charge is 0.324 e. The summed E-state index contributed by atoms with van der Waals surface area (Å²) < 4.78 is 0. The molecule has 0 aliphatic carbocycles. The summed E-state index contributed by atoms with van der Waals surface area (Å²) in [5, 5.41) is 0. The van der Waals surface area contributed by atoms with Crippen LogP contribution in [-0.4, -0.2) is 23.0 Å². The fourth-order valence-electron chi connectivity index (χ4n) is 2.84. The van der Waals surface area contributed by atoms with Crippen molar-refractivity contribution in [2.24, 2.45) is 17.2 Å². The highest BCUT2D eigenvalue weighted by Crippen LogP contribution is 2.34. The van der Waals surface area contributed by atoms with Gasteiger partial charge in [0.15, 0.2) is 0 Å². The zero-order valence-electron chi connectivity index (χ0n) is 12.3. The molecule has 1 saturated heterocycles. The van der Waals surface area contributed by atoms with Crippen LogP contribution in [0.5, 0.6) is 0 Å². The van der Waals surface area contributed by atoms with Crippen LogP contribution in [-0.2, 0) is 6.54 Å². The molecule has 1 aromatic heterocycles. The van der Waals surface area contributed by atoms with E-state index in [2.05, 4.69) is 36.1 Å². The summed E-state index contributed by atoms with van der Waals surface area (Å²) in [5.74, 6) is 6.27. The Hall–Kier alpha value is -1.13. The van der Waals surface area contributed by atoms with E-state index in [1.54, 1.807) is 0 Å². The lowest BCUT2D eigenvalue weighted by atomic mass is 9.75. The molecule has 0 saturated carbocycles. The van der Waals surface area contributed by atoms with E-state index < -0.39 is 0 Å². The molecule has 3 N–H and O–H groups in total. The van der Waals surface area contributed by atoms with Gasteiger partial charge in [-0.2, -0.15) is 0 Å². The predicted octanol–water partition coefficient (Wildman–Crippen LogP) is 2.63. The Morgan fingerprint density at radius 1 is 1.37 bits per heavy atom. The number of nitrogen functional groups attached to an aromatic ring is 1. The van der Waals surface area contributed by atoms with Gasteiger partial charge in [0.2, 0.25) is 0 Å².